The number of thiazole rings is 1. The first kappa shape index (κ1) is 27.0. The summed E-state index contributed by atoms with van der Waals surface area (Å²) in [6.45, 7) is 2.39. The number of aliphatic carboxylic acids is 1. The Morgan fingerprint density at radius 2 is 1.63 bits per heavy atom. The van der Waals surface area contributed by atoms with Gasteiger partial charge in [0.15, 0.2) is 5.78 Å². The van der Waals surface area contributed by atoms with Crippen molar-refractivity contribution < 1.29 is 24.2 Å². The van der Waals surface area contributed by atoms with Crippen molar-refractivity contribution in [1.29, 1.82) is 0 Å². The van der Waals surface area contributed by atoms with Gasteiger partial charge in [0.1, 0.15) is 6.04 Å². The molecule has 3 aromatic carbocycles. The molecule has 1 heterocycles. The Morgan fingerprint density at radius 1 is 0.947 bits per heavy atom. The van der Waals surface area contributed by atoms with E-state index in [2.05, 4.69) is 0 Å². The summed E-state index contributed by atoms with van der Waals surface area (Å²) < 4.78 is 8.03. The van der Waals surface area contributed by atoms with Crippen molar-refractivity contribution in [3.05, 3.63) is 99.7 Å². The number of ketones is 1. The molecule has 0 aliphatic rings. The molecule has 0 aliphatic carbocycles. The number of ether oxygens (including phenoxy) is 1. The highest BCUT2D eigenvalue weighted by Gasteiger charge is 2.26. The molecule has 9 heteroatoms. The average molecular weight is 533 g/mol. The number of carbonyl (C=O) groups is 3. The van der Waals surface area contributed by atoms with Gasteiger partial charge in [-0.05, 0) is 43.7 Å². The third-order valence-electron chi connectivity index (χ3n) is 6.15. The maximum Gasteiger partial charge on any atom is 0.326 e. The lowest BCUT2D eigenvalue weighted by Gasteiger charge is -2.26. The summed E-state index contributed by atoms with van der Waals surface area (Å²) in [5.74, 6) is -1.47. The minimum atomic E-state index is -1.08. The van der Waals surface area contributed by atoms with Crippen LogP contribution in [-0.2, 0) is 20.9 Å². The summed E-state index contributed by atoms with van der Waals surface area (Å²) in [5, 5.41) is 9.42. The maximum atomic E-state index is 12.8. The van der Waals surface area contributed by atoms with Crippen LogP contribution < -0.4 is 9.77 Å². The van der Waals surface area contributed by atoms with Gasteiger partial charge >= 0.3 is 10.8 Å². The van der Waals surface area contributed by atoms with Gasteiger partial charge in [-0.2, -0.15) is 0 Å². The van der Waals surface area contributed by atoms with Gasteiger partial charge < -0.3 is 9.84 Å². The molecule has 0 bridgehead atoms. The van der Waals surface area contributed by atoms with Crippen molar-refractivity contribution in [3.8, 4) is 0 Å². The summed E-state index contributed by atoms with van der Waals surface area (Å²) in [5.41, 5.74) is 2.39. The molecule has 1 N–H and O–H groups in total. The van der Waals surface area contributed by atoms with Gasteiger partial charge in [-0.25, -0.2) is 4.79 Å². The van der Waals surface area contributed by atoms with Crippen molar-refractivity contribution in [2.75, 3.05) is 18.1 Å². The van der Waals surface area contributed by atoms with Gasteiger partial charge in [0.2, 0.25) is 5.91 Å². The number of carbonyl (C=O) groups excluding carboxylic acids is 2. The molecule has 0 radical (unpaired) electrons. The third kappa shape index (κ3) is 6.24. The van der Waals surface area contributed by atoms with Crippen molar-refractivity contribution in [1.82, 2.24) is 4.57 Å². The molecule has 8 nitrogen and oxygen atoms in total. The highest BCUT2D eigenvalue weighted by molar-refractivity contribution is 7.16. The van der Waals surface area contributed by atoms with Gasteiger partial charge in [-0.15, -0.1) is 0 Å². The van der Waals surface area contributed by atoms with Gasteiger partial charge in [-0.3, -0.25) is 23.9 Å². The normalized spacial score (nSPS) is 11.8. The van der Waals surface area contributed by atoms with E-state index in [4.69, 9.17) is 4.74 Å². The first-order valence-electron chi connectivity index (χ1n) is 12.3. The Labute approximate surface area is 223 Å². The number of hydrogen-bond acceptors (Lipinski definition) is 6. The molecule has 4 rings (SSSR count). The highest BCUT2D eigenvalue weighted by atomic mass is 32.1. The molecule has 196 valence electrons. The number of para-hydroxylation sites is 1. The predicted octanol–water partition coefficient (Wildman–Crippen LogP) is 4.60. The van der Waals surface area contributed by atoms with E-state index in [1.165, 1.54) is 11.8 Å². The van der Waals surface area contributed by atoms with Crippen molar-refractivity contribution in [2.24, 2.45) is 0 Å². The number of hydrogen-bond donors (Lipinski definition) is 1. The molecule has 0 aliphatic heterocycles. The van der Waals surface area contributed by atoms with E-state index in [1.54, 1.807) is 65.2 Å². The third-order valence-corrected chi connectivity index (χ3v) is 7.09. The molecule has 38 heavy (non-hydrogen) atoms. The molecule has 0 fully saturated rings. The fraction of sp³-hybridized carbons (Fsp3) is 0.241. The van der Waals surface area contributed by atoms with Crippen LogP contribution >= 0.6 is 11.3 Å². The van der Waals surface area contributed by atoms with E-state index in [0.717, 1.165) is 21.6 Å². The van der Waals surface area contributed by atoms with E-state index in [0.29, 0.717) is 36.4 Å². The van der Waals surface area contributed by atoms with Gasteiger partial charge in [-0.1, -0.05) is 59.9 Å². The zero-order valence-electron chi connectivity index (χ0n) is 20.9. The van der Waals surface area contributed by atoms with Crippen LogP contribution in [0.4, 0.5) is 5.69 Å². The van der Waals surface area contributed by atoms with E-state index in [-0.39, 0.29) is 29.6 Å². The lowest BCUT2D eigenvalue weighted by molar-refractivity contribution is -0.139. The number of rotatable bonds is 12. The minimum absolute atomic E-state index is 0.0960. The fourth-order valence-corrected chi connectivity index (χ4v) is 5.12. The summed E-state index contributed by atoms with van der Waals surface area (Å²) in [4.78, 5) is 50.8. The van der Waals surface area contributed by atoms with Gasteiger partial charge in [0.05, 0.1) is 23.4 Å². The lowest BCUT2D eigenvalue weighted by atomic mass is 10.0. The second-order valence-electron chi connectivity index (χ2n) is 8.73. The molecule has 0 saturated heterocycles. The molecule has 0 spiro atoms. The number of carboxylic acids is 1. The summed E-state index contributed by atoms with van der Waals surface area (Å²) >= 11 is 1.09. The molecule has 0 saturated carbocycles. The second-order valence-corrected chi connectivity index (χ2v) is 9.72. The standard InChI is InChI=1S/C29H28N2O6S/c1-20(28(34)35)31(23-11-6-3-7-12-23)26(32)13-8-17-37-18-16-30-24-15-14-22(19-25(24)38-29(30)36)27(33)21-9-4-2-5-10-21/h2-7,9-12,14-15,19-20H,8,13,16-18H2,1H3,(H,34,35)/t20-/m0/s1. The number of benzene rings is 3. The van der Waals surface area contributed by atoms with E-state index in [1.807, 2.05) is 18.2 Å². The molecule has 1 amide bonds. The Bertz CT molecular complexity index is 1480. The Balaban J connectivity index is 1.30. The Kier molecular flexibility index (Phi) is 8.83. The second kappa shape index (κ2) is 12.4. The predicted molar refractivity (Wildman–Crippen MR) is 147 cm³/mol. The molecule has 1 aromatic heterocycles. The van der Waals surface area contributed by atoms with Crippen LogP contribution in [-0.4, -0.2) is 46.6 Å². The average Bonchev–Trinajstić information content (AvgIpc) is 3.25. The number of nitrogens with zero attached hydrogens (tertiary/aromatic N) is 2. The van der Waals surface area contributed by atoms with Crippen molar-refractivity contribution >= 4 is 44.9 Å². The summed E-state index contributed by atoms with van der Waals surface area (Å²) in [6.07, 6.45) is 0.546. The first-order chi connectivity index (χ1) is 18.4. The number of aromatic nitrogens is 1. The van der Waals surface area contributed by atoms with Crippen LogP contribution in [0.3, 0.4) is 0 Å². The first-order valence-corrected chi connectivity index (χ1v) is 13.1. The van der Waals surface area contributed by atoms with Crippen LogP contribution in [0.15, 0.2) is 83.7 Å². The monoisotopic (exact) mass is 532 g/mol. The van der Waals surface area contributed by atoms with Crippen LogP contribution in [0.5, 0.6) is 0 Å². The quantitative estimate of drug-likeness (QED) is 0.211. The molecular weight excluding hydrogens is 504 g/mol. The van der Waals surface area contributed by atoms with Gasteiger partial charge in [0, 0.05) is 29.8 Å². The molecular formula is C29H28N2O6S. The maximum absolute atomic E-state index is 12.8. The number of anilines is 1. The molecule has 1 atom stereocenters. The van der Waals surface area contributed by atoms with E-state index >= 15 is 0 Å². The SMILES string of the molecule is C[C@@H](C(=O)O)N(C(=O)CCCOCCn1c(=O)sc2cc(C(=O)c3ccccc3)ccc21)c1ccccc1. The van der Waals surface area contributed by atoms with Crippen LogP contribution in [0.2, 0.25) is 0 Å². The zero-order valence-corrected chi connectivity index (χ0v) is 21.7. The smallest absolute Gasteiger partial charge is 0.326 e. The van der Waals surface area contributed by atoms with Crippen molar-refractivity contribution in [3.63, 3.8) is 0 Å². The number of carboxylic acid groups (broad SMARTS) is 1. The lowest BCUT2D eigenvalue weighted by Crippen LogP contribution is -2.43. The van der Waals surface area contributed by atoms with Gasteiger partial charge in [0.25, 0.3) is 0 Å². The topological polar surface area (TPSA) is 106 Å². The Morgan fingerprint density at radius 3 is 2.32 bits per heavy atom. The minimum Gasteiger partial charge on any atom is -0.480 e. The number of fused-ring (bicyclic) bond motifs is 1. The number of amides is 1. The van der Waals surface area contributed by atoms with E-state index in [9.17, 15) is 24.3 Å². The van der Waals surface area contributed by atoms with Crippen molar-refractivity contribution in [2.45, 2.75) is 32.4 Å². The zero-order chi connectivity index (χ0) is 27.1. The molecule has 4 aromatic rings. The summed E-state index contributed by atoms with van der Waals surface area (Å²) in [6, 6.07) is 22.0. The molecule has 0 unspecified atom stereocenters. The fourth-order valence-electron chi connectivity index (χ4n) is 4.16. The van der Waals surface area contributed by atoms with Crippen LogP contribution in [0.25, 0.3) is 10.2 Å². The van der Waals surface area contributed by atoms with Crippen LogP contribution in [0, 0.1) is 0 Å². The van der Waals surface area contributed by atoms with E-state index < -0.39 is 12.0 Å². The Hall–Kier alpha value is -4.08. The summed E-state index contributed by atoms with van der Waals surface area (Å²) in [7, 11) is 0. The van der Waals surface area contributed by atoms with Crippen LogP contribution in [0.1, 0.15) is 35.7 Å². The highest BCUT2D eigenvalue weighted by Crippen LogP contribution is 2.22. The largest absolute Gasteiger partial charge is 0.480 e.